The minimum atomic E-state index is -0.430. The van der Waals surface area contributed by atoms with Crippen LogP contribution in [0, 0.1) is 5.82 Å². The molecule has 10 nitrogen and oxygen atoms in total. The van der Waals surface area contributed by atoms with Crippen LogP contribution < -0.4 is 10.2 Å². The number of amides is 1. The lowest BCUT2D eigenvalue weighted by molar-refractivity contribution is 0.102. The van der Waals surface area contributed by atoms with Crippen LogP contribution in [-0.2, 0) is 6.54 Å². The number of nitrogens with one attached hydrogen (secondary N) is 1. The van der Waals surface area contributed by atoms with E-state index in [2.05, 4.69) is 35.4 Å². The molecule has 0 bridgehead atoms. The lowest BCUT2D eigenvalue weighted by Crippen LogP contribution is -2.47. The summed E-state index contributed by atoms with van der Waals surface area (Å²) in [5.74, 6) is -0.771. The number of halogens is 1. The van der Waals surface area contributed by atoms with Crippen molar-refractivity contribution in [2.24, 2.45) is 0 Å². The molecule has 4 aromatic rings. The molecule has 0 spiro atoms. The van der Waals surface area contributed by atoms with Gasteiger partial charge in [-0.2, -0.15) is 5.10 Å². The normalized spacial score (nSPS) is 14.6. The molecule has 1 saturated heterocycles. The number of β-amino-alcohol motifs (C(OH)–C–C–N with tert-alkyl or cyclic N) is 1. The number of aliphatic hydroxyl groups is 1. The molecule has 0 atom stereocenters. The van der Waals surface area contributed by atoms with Crippen molar-refractivity contribution in [3.63, 3.8) is 0 Å². The van der Waals surface area contributed by atoms with E-state index in [1.165, 1.54) is 22.1 Å². The van der Waals surface area contributed by atoms with Crippen molar-refractivity contribution in [2.45, 2.75) is 6.54 Å². The first-order chi connectivity index (χ1) is 16.6. The fraction of sp³-hybridized carbons (Fsp3) is 0.318. The molecule has 0 unspecified atom stereocenters. The van der Waals surface area contributed by atoms with Crippen LogP contribution in [-0.4, -0.2) is 80.2 Å². The highest BCUT2D eigenvalue weighted by Crippen LogP contribution is 2.26. The molecule has 0 saturated carbocycles. The number of hydrogen-bond acceptors (Lipinski definition) is 9. The van der Waals surface area contributed by atoms with Gasteiger partial charge in [-0.25, -0.2) is 14.1 Å². The van der Waals surface area contributed by atoms with Gasteiger partial charge < -0.3 is 10.0 Å². The lowest BCUT2D eigenvalue weighted by Gasteiger charge is -2.33. The zero-order valence-corrected chi connectivity index (χ0v) is 19.1. The summed E-state index contributed by atoms with van der Waals surface area (Å²) in [4.78, 5) is 21.7. The quantitative estimate of drug-likeness (QED) is 0.410. The predicted octanol–water partition coefficient (Wildman–Crippen LogP) is 1.84. The second-order valence-corrected chi connectivity index (χ2v) is 8.82. The highest BCUT2D eigenvalue weighted by Gasteiger charge is 2.23. The van der Waals surface area contributed by atoms with Crippen molar-refractivity contribution >= 4 is 38.5 Å². The number of piperazine rings is 1. The number of carbonyl (C=O) groups excluding carboxylic acids is 1. The maximum atomic E-state index is 14.2. The number of anilines is 2. The highest BCUT2D eigenvalue weighted by atomic mass is 32.1. The van der Waals surface area contributed by atoms with Crippen molar-refractivity contribution in [1.29, 1.82) is 0 Å². The van der Waals surface area contributed by atoms with Gasteiger partial charge in [0.05, 0.1) is 18.5 Å². The van der Waals surface area contributed by atoms with E-state index < -0.39 is 5.91 Å². The zero-order valence-electron chi connectivity index (χ0n) is 18.3. The average molecular weight is 483 g/mol. The minimum absolute atomic E-state index is 0.148. The Kier molecular flexibility index (Phi) is 6.43. The third-order valence-electron chi connectivity index (χ3n) is 5.69. The Labute approximate surface area is 198 Å². The predicted molar refractivity (Wildman–Crippen MR) is 127 cm³/mol. The molecule has 5 rings (SSSR count). The van der Waals surface area contributed by atoms with Crippen LogP contribution in [0.25, 0.3) is 11.0 Å². The Bertz CT molecular complexity index is 1300. The third-order valence-corrected chi connectivity index (χ3v) is 6.59. The molecule has 0 aliphatic carbocycles. The van der Waals surface area contributed by atoms with Gasteiger partial charge in [-0.15, -0.1) is 10.2 Å². The van der Waals surface area contributed by atoms with Gasteiger partial charge in [-0.3, -0.25) is 15.0 Å². The van der Waals surface area contributed by atoms with Gasteiger partial charge in [0.2, 0.25) is 10.3 Å². The Hall–Kier alpha value is -3.48. The van der Waals surface area contributed by atoms with Gasteiger partial charge in [0.15, 0.2) is 11.3 Å². The average Bonchev–Trinajstić information content (AvgIpc) is 3.46. The van der Waals surface area contributed by atoms with E-state index in [1.54, 1.807) is 36.5 Å². The SMILES string of the molecule is O=C(Nc1nnc(N2CCN(CCO)CC2)s1)c1nn(Cc2ccccc2F)c2ncccc12. The molecule has 0 radical (unpaired) electrons. The molecule has 12 heteroatoms. The molecule has 1 amide bonds. The highest BCUT2D eigenvalue weighted by molar-refractivity contribution is 7.19. The van der Waals surface area contributed by atoms with Crippen LogP contribution in [0.5, 0.6) is 0 Å². The Balaban J connectivity index is 1.32. The maximum Gasteiger partial charge on any atom is 0.278 e. The monoisotopic (exact) mass is 482 g/mol. The summed E-state index contributed by atoms with van der Waals surface area (Å²) in [5.41, 5.74) is 1.14. The molecule has 1 fully saturated rings. The van der Waals surface area contributed by atoms with Gasteiger partial charge in [-0.05, 0) is 18.2 Å². The largest absolute Gasteiger partial charge is 0.395 e. The van der Waals surface area contributed by atoms with Crippen molar-refractivity contribution in [3.05, 3.63) is 59.7 Å². The van der Waals surface area contributed by atoms with Gasteiger partial charge in [0.25, 0.3) is 5.91 Å². The second-order valence-electron chi connectivity index (χ2n) is 7.87. The van der Waals surface area contributed by atoms with Crippen molar-refractivity contribution < 1.29 is 14.3 Å². The number of aliphatic hydroxyl groups excluding tert-OH is 1. The Morgan fingerprint density at radius 2 is 1.94 bits per heavy atom. The molecule has 3 aromatic heterocycles. The summed E-state index contributed by atoms with van der Waals surface area (Å²) in [5, 5.41) is 26.3. The van der Waals surface area contributed by atoms with Crippen molar-refractivity contribution in [3.8, 4) is 0 Å². The van der Waals surface area contributed by atoms with Crippen LogP contribution in [0.2, 0.25) is 0 Å². The van der Waals surface area contributed by atoms with E-state index in [4.69, 9.17) is 5.11 Å². The maximum absolute atomic E-state index is 14.2. The summed E-state index contributed by atoms with van der Waals surface area (Å²) >= 11 is 1.30. The fourth-order valence-corrected chi connectivity index (χ4v) is 4.72. The topological polar surface area (TPSA) is 112 Å². The molecule has 2 N–H and O–H groups in total. The molecule has 1 aromatic carbocycles. The number of nitrogens with zero attached hydrogens (tertiary/aromatic N) is 7. The summed E-state index contributed by atoms with van der Waals surface area (Å²) in [6.45, 7) is 4.19. The molecule has 1 aliphatic rings. The molecule has 1 aliphatic heterocycles. The standard InChI is InChI=1S/C22H23FN8O2S/c23-17-6-2-1-4-15(17)14-31-19-16(5-3-7-24-19)18(28-31)20(33)25-21-26-27-22(34-21)30-10-8-29(9-11-30)12-13-32/h1-7,32H,8-14H2,(H,25,26,33). The van der Waals surface area contributed by atoms with Crippen LogP contribution >= 0.6 is 11.3 Å². The summed E-state index contributed by atoms with van der Waals surface area (Å²) < 4.78 is 15.7. The number of fused-ring (bicyclic) bond motifs is 1. The summed E-state index contributed by atoms with van der Waals surface area (Å²) in [6, 6.07) is 9.94. The number of aromatic nitrogens is 5. The second kappa shape index (κ2) is 9.79. The van der Waals surface area contributed by atoms with E-state index in [0.717, 1.165) is 31.3 Å². The van der Waals surface area contributed by atoms with Crippen LogP contribution in [0.3, 0.4) is 0 Å². The van der Waals surface area contributed by atoms with Gasteiger partial charge in [-0.1, -0.05) is 29.5 Å². The molecule has 4 heterocycles. The van der Waals surface area contributed by atoms with Gasteiger partial charge >= 0.3 is 0 Å². The van der Waals surface area contributed by atoms with E-state index in [0.29, 0.717) is 28.3 Å². The third kappa shape index (κ3) is 4.60. The number of hydrogen-bond donors (Lipinski definition) is 2. The zero-order chi connectivity index (χ0) is 23.5. The van der Waals surface area contributed by atoms with Gasteiger partial charge in [0, 0.05) is 44.5 Å². The smallest absolute Gasteiger partial charge is 0.278 e. The number of pyridine rings is 1. The fourth-order valence-electron chi connectivity index (χ4n) is 3.93. The Morgan fingerprint density at radius 1 is 1.12 bits per heavy atom. The van der Waals surface area contributed by atoms with E-state index in [9.17, 15) is 9.18 Å². The van der Waals surface area contributed by atoms with Crippen LogP contribution in [0.4, 0.5) is 14.7 Å². The molecule has 34 heavy (non-hydrogen) atoms. The first-order valence-corrected chi connectivity index (χ1v) is 11.7. The summed E-state index contributed by atoms with van der Waals surface area (Å²) in [7, 11) is 0. The molecular formula is C22H23FN8O2S. The molecule has 176 valence electrons. The minimum Gasteiger partial charge on any atom is -0.395 e. The summed E-state index contributed by atoms with van der Waals surface area (Å²) in [6.07, 6.45) is 1.61. The first-order valence-electron chi connectivity index (χ1n) is 10.9. The molecular weight excluding hydrogens is 459 g/mol. The number of carbonyl (C=O) groups is 1. The van der Waals surface area contributed by atoms with Crippen molar-refractivity contribution in [2.75, 3.05) is 49.5 Å². The van der Waals surface area contributed by atoms with Crippen molar-refractivity contribution in [1.82, 2.24) is 29.9 Å². The lowest BCUT2D eigenvalue weighted by atomic mass is 10.2. The first kappa shape index (κ1) is 22.3. The number of benzene rings is 1. The van der Waals surface area contributed by atoms with E-state index in [-0.39, 0.29) is 24.7 Å². The number of rotatable bonds is 7. The van der Waals surface area contributed by atoms with E-state index in [1.807, 2.05) is 0 Å². The Morgan fingerprint density at radius 3 is 2.74 bits per heavy atom. The van der Waals surface area contributed by atoms with Gasteiger partial charge in [0.1, 0.15) is 5.82 Å². The van der Waals surface area contributed by atoms with Crippen LogP contribution in [0.1, 0.15) is 16.1 Å². The van der Waals surface area contributed by atoms with Crippen LogP contribution in [0.15, 0.2) is 42.6 Å². The van der Waals surface area contributed by atoms with E-state index >= 15 is 0 Å².